The van der Waals surface area contributed by atoms with Gasteiger partial charge in [-0.2, -0.15) is 0 Å². The topological polar surface area (TPSA) is 12.0 Å². The van der Waals surface area contributed by atoms with E-state index in [1.165, 1.54) is 5.57 Å². The SMILES string of the molecule is CC1=C/C(C)(C)/C=C\C(C)(CNSC(C)I)/C=C\1. The largest absolute Gasteiger partial charge is 0.262 e. The van der Waals surface area contributed by atoms with Crippen LogP contribution in [0.15, 0.2) is 36.0 Å². The molecule has 1 nitrogen and oxygen atoms in total. The molecule has 1 N–H and O–H groups in total. The number of allylic oxidation sites excluding steroid dienone is 4. The van der Waals surface area contributed by atoms with Crippen LogP contribution in [0, 0.1) is 10.8 Å². The predicted octanol–water partition coefficient (Wildman–Crippen LogP) is 5.11. The van der Waals surface area contributed by atoms with Crippen molar-refractivity contribution >= 4 is 34.5 Å². The van der Waals surface area contributed by atoms with E-state index in [1.807, 2.05) is 0 Å². The van der Waals surface area contributed by atoms with Crippen molar-refractivity contribution in [2.75, 3.05) is 6.54 Å². The highest BCUT2D eigenvalue weighted by atomic mass is 127. The number of rotatable bonds is 4. The first-order chi connectivity index (χ1) is 8.22. The Kier molecular flexibility index (Phi) is 6.00. The van der Waals surface area contributed by atoms with Crippen LogP contribution in [0.25, 0.3) is 0 Å². The van der Waals surface area contributed by atoms with Crippen molar-refractivity contribution in [3.63, 3.8) is 0 Å². The molecular weight excluding hydrogens is 353 g/mol. The molecule has 0 aromatic rings. The number of nitrogens with one attached hydrogen (secondary N) is 1. The molecule has 2 atom stereocenters. The minimum absolute atomic E-state index is 0.0886. The maximum atomic E-state index is 3.47. The van der Waals surface area contributed by atoms with Crippen LogP contribution in [0.5, 0.6) is 0 Å². The molecule has 0 amide bonds. The van der Waals surface area contributed by atoms with Gasteiger partial charge in [-0.25, -0.2) is 0 Å². The summed E-state index contributed by atoms with van der Waals surface area (Å²) in [6, 6.07) is 0. The molecule has 0 saturated carbocycles. The zero-order valence-electron chi connectivity index (χ0n) is 12.0. The second-order valence-electron chi connectivity index (χ2n) is 5.86. The van der Waals surface area contributed by atoms with Gasteiger partial charge in [-0.1, -0.05) is 91.3 Å². The van der Waals surface area contributed by atoms with E-state index in [-0.39, 0.29) is 10.8 Å². The number of hydrogen-bond acceptors (Lipinski definition) is 2. The third kappa shape index (κ3) is 5.93. The van der Waals surface area contributed by atoms with Gasteiger partial charge in [0.2, 0.25) is 0 Å². The zero-order valence-corrected chi connectivity index (χ0v) is 14.9. The summed E-state index contributed by atoms with van der Waals surface area (Å²) in [5.74, 6) is 0. The quantitative estimate of drug-likeness (QED) is 0.316. The summed E-state index contributed by atoms with van der Waals surface area (Å²) in [5.41, 5.74) is 1.57. The molecule has 0 bridgehead atoms. The van der Waals surface area contributed by atoms with Crippen molar-refractivity contribution in [3.8, 4) is 0 Å². The maximum Gasteiger partial charge on any atom is 0.0681 e. The molecule has 0 fully saturated rings. The van der Waals surface area contributed by atoms with Crippen LogP contribution in [0.1, 0.15) is 34.6 Å². The normalized spacial score (nSPS) is 34.9. The first kappa shape index (κ1) is 16.3. The van der Waals surface area contributed by atoms with Gasteiger partial charge < -0.3 is 0 Å². The minimum Gasteiger partial charge on any atom is -0.262 e. The molecule has 0 saturated heterocycles. The van der Waals surface area contributed by atoms with Gasteiger partial charge in [0, 0.05) is 17.4 Å². The molecule has 0 aromatic carbocycles. The lowest BCUT2D eigenvalue weighted by Crippen LogP contribution is -2.26. The fraction of sp³-hybridized carbons (Fsp3) is 0.600. The molecule has 0 radical (unpaired) electrons. The number of hydrogen-bond donors (Lipinski definition) is 1. The van der Waals surface area contributed by atoms with Gasteiger partial charge in [0.05, 0.1) is 3.26 Å². The van der Waals surface area contributed by atoms with E-state index < -0.39 is 0 Å². The Morgan fingerprint density at radius 1 is 1.28 bits per heavy atom. The van der Waals surface area contributed by atoms with Crippen molar-refractivity contribution in [2.24, 2.45) is 10.8 Å². The van der Waals surface area contributed by atoms with Gasteiger partial charge in [-0.3, -0.25) is 4.72 Å². The molecule has 0 spiro atoms. The molecule has 1 aliphatic rings. The Morgan fingerprint density at radius 3 is 2.56 bits per heavy atom. The predicted molar refractivity (Wildman–Crippen MR) is 93.0 cm³/mol. The van der Waals surface area contributed by atoms with Gasteiger partial charge in [-0.05, 0) is 13.8 Å². The first-order valence-electron chi connectivity index (χ1n) is 6.34. The van der Waals surface area contributed by atoms with Crippen molar-refractivity contribution in [1.82, 2.24) is 4.72 Å². The summed E-state index contributed by atoms with van der Waals surface area (Å²) in [6.45, 7) is 12.1. The van der Waals surface area contributed by atoms with Gasteiger partial charge in [0.15, 0.2) is 0 Å². The average molecular weight is 377 g/mol. The Labute approximate surface area is 130 Å². The standard InChI is InChI=1S/C15H24INS/c1-12-6-7-15(5,11-17-18-13(2)16)9-8-14(3,4)10-12/h6-10,13,17H,11H2,1-5H3/b7-6-,9-8-,12-10-. The zero-order chi connectivity index (χ0) is 13.8. The molecule has 18 heavy (non-hydrogen) atoms. The van der Waals surface area contributed by atoms with Gasteiger partial charge >= 0.3 is 0 Å². The van der Waals surface area contributed by atoms with Crippen LogP contribution in [0.2, 0.25) is 0 Å². The lowest BCUT2D eigenvalue weighted by molar-refractivity contribution is 0.526. The van der Waals surface area contributed by atoms with Gasteiger partial charge in [-0.15, -0.1) is 0 Å². The van der Waals surface area contributed by atoms with Crippen molar-refractivity contribution in [1.29, 1.82) is 0 Å². The van der Waals surface area contributed by atoms with Crippen LogP contribution < -0.4 is 4.72 Å². The summed E-state index contributed by atoms with van der Waals surface area (Å²) in [5, 5.41) is 0. The Hall–Kier alpha value is 0.260. The smallest absolute Gasteiger partial charge is 0.0681 e. The number of halogens is 1. The monoisotopic (exact) mass is 377 g/mol. The molecule has 0 aromatic heterocycles. The summed E-state index contributed by atoms with van der Waals surface area (Å²) < 4.78 is 4.06. The van der Waals surface area contributed by atoms with Crippen LogP contribution >= 0.6 is 34.5 Å². The van der Waals surface area contributed by atoms with Crippen LogP contribution in [0.4, 0.5) is 0 Å². The Balaban J connectivity index is 2.79. The molecule has 2 unspecified atom stereocenters. The van der Waals surface area contributed by atoms with E-state index in [4.69, 9.17) is 0 Å². The molecule has 1 rings (SSSR count). The lowest BCUT2D eigenvalue weighted by atomic mass is 9.81. The molecular formula is C15H24INS. The summed E-state index contributed by atoms with van der Waals surface area (Å²) in [7, 11) is 0. The average Bonchev–Trinajstić information content (AvgIpc) is 2.22. The highest BCUT2D eigenvalue weighted by Crippen LogP contribution is 2.30. The fourth-order valence-electron chi connectivity index (χ4n) is 1.90. The first-order valence-corrected chi connectivity index (χ1v) is 8.47. The van der Waals surface area contributed by atoms with E-state index in [2.05, 4.69) is 92.3 Å². The number of alkyl halides is 1. The molecule has 0 heterocycles. The summed E-state index contributed by atoms with van der Waals surface area (Å²) in [4.78, 5) is 0. The van der Waals surface area contributed by atoms with Crippen molar-refractivity contribution in [2.45, 2.75) is 37.9 Å². The lowest BCUT2D eigenvalue weighted by Gasteiger charge is -2.27. The second kappa shape index (κ2) is 6.62. The van der Waals surface area contributed by atoms with Crippen LogP contribution in [-0.4, -0.2) is 9.80 Å². The highest BCUT2D eigenvalue weighted by Gasteiger charge is 2.21. The van der Waals surface area contributed by atoms with Crippen molar-refractivity contribution in [3.05, 3.63) is 36.0 Å². The third-order valence-corrected chi connectivity index (χ3v) is 4.32. The van der Waals surface area contributed by atoms with Gasteiger partial charge in [0.1, 0.15) is 0 Å². The maximum absolute atomic E-state index is 3.47. The van der Waals surface area contributed by atoms with E-state index in [0.29, 0.717) is 3.26 Å². The van der Waals surface area contributed by atoms with E-state index in [1.54, 1.807) is 11.9 Å². The fourth-order valence-corrected chi connectivity index (χ4v) is 3.06. The Bertz CT molecular complexity index is 369. The minimum atomic E-state index is 0.0886. The second-order valence-corrected chi connectivity index (χ2v) is 9.81. The summed E-state index contributed by atoms with van der Waals surface area (Å²) in [6.07, 6.45) is 11.5. The van der Waals surface area contributed by atoms with Gasteiger partial charge in [0.25, 0.3) is 0 Å². The third-order valence-electron chi connectivity index (χ3n) is 2.92. The molecule has 0 aliphatic heterocycles. The van der Waals surface area contributed by atoms with E-state index in [0.717, 1.165) is 6.54 Å². The van der Waals surface area contributed by atoms with Crippen molar-refractivity contribution < 1.29 is 0 Å². The molecule has 3 heteroatoms. The summed E-state index contributed by atoms with van der Waals surface area (Å²) >= 11 is 4.21. The van der Waals surface area contributed by atoms with Crippen LogP contribution in [-0.2, 0) is 0 Å². The van der Waals surface area contributed by atoms with E-state index >= 15 is 0 Å². The highest BCUT2D eigenvalue weighted by molar-refractivity contribution is 14.1. The Morgan fingerprint density at radius 2 is 1.94 bits per heavy atom. The molecule has 102 valence electrons. The molecule has 1 aliphatic carbocycles. The van der Waals surface area contributed by atoms with E-state index in [9.17, 15) is 0 Å². The van der Waals surface area contributed by atoms with Crippen LogP contribution in [0.3, 0.4) is 0 Å².